The highest BCUT2D eigenvalue weighted by Gasteiger charge is 2.22. The van der Waals surface area contributed by atoms with Gasteiger partial charge in [-0.15, -0.1) is 0 Å². The summed E-state index contributed by atoms with van der Waals surface area (Å²) in [4.78, 5) is 11.0. The summed E-state index contributed by atoms with van der Waals surface area (Å²) >= 11 is 0. The van der Waals surface area contributed by atoms with E-state index in [9.17, 15) is 4.79 Å². The summed E-state index contributed by atoms with van der Waals surface area (Å²) in [6.07, 6.45) is 1.81. The second-order valence-electron chi connectivity index (χ2n) is 3.26. The molecule has 0 bridgehead atoms. The van der Waals surface area contributed by atoms with E-state index in [0.717, 1.165) is 0 Å². The van der Waals surface area contributed by atoms with Crippen molar-refractivity contribution in [3.05, 3.63) is 6.42 Å². The first-order valence-electron chi connectivity index (χ1n) is 3.43. The van der Waals surface area contributed by atoms with Gasteiger partial charge in [0.1, 0.15) is 0 Å². The summed E-state index contributed by atoms with van der Waals surface area (Å²) in [5.41, 5.74) is -0.372. The zero-order chi connectivity index (χ0) is 8.20. The number of carbonyl (C=O) groups excluding carboxylic acids is 1. The van der Waals surface area contributed by atoms with Crippen molar-refractivity contribution in [1.82, 2.24) is 0 Å². The van der Waals surface area contributed by atoms with Crippen molar-refractivity contribution in [3.8, 4) is 0 Å². The molecule has 0 rings (SSSR count). The van der Waals surface area contributed by atoms with Gasteiger partial charge in [-0.3, -0.25) is 4.79 Å². The molecule has 59 valence electrons. The molecular formula is C8H15O2. The molecule has 1 radical (unpaired) electrons. The van der Waals surface area contributed by atoms with E-state index in [0.29, 0.717) is 6.61 Å². The lowest BCUT2D eigenvalue weighted by molar-refractivity contribution is -0.151. The molecule has 0 aromatic carbocycles. The number of hydrogen-bond donors (Lipinski definition) is 0. The molecule has 0 aliphatic carbocycles. The third-order valence-electron chi connectivity index (χ3n) is 0.993. The Kier molecular flexibility index (Phi) is 3.40. The van der Waals surface area contributed by atoms with Gasteiger partial charge < -0.3 is 4.74 Å². The van der Waals surface area contributed by atoms with E-state index in [1.54, 1.807) is 0 Å². The molecule has 0 saturated heterocycles. The molecule has 0 N–H and O–H groups in total. The summed E-state index contributed by atoms with van der Waals surface area (Å²) in [5.74, 6) is -0.148. The lowest BCUT2D eigenvalue weighted by Gasteiger charge is -2.15. The van der Waals surface area contributed by atoms with Crippen LogP contribution in [0.5, 0.6) is 0 Å². The van der Waals surface area contributed by atoms with Crippen molar-refractivity contribution in [2.24, 2.45) is 5.41 Å². The third-order valence-corrected chi connectivity index (χ3v) is 0.993. The van der Waals surface area contributed by atoms with Crippen LogP contribution in [0.3, 0.4) is 0 Å². The Balaban J connectivity index is 3.64. The van der Waals surface area contributed by atoms with Crippen LogP contribution in [0.1, 0.15) is 27.7 Å². The smallest absolute Gasteiger partial charge is 0.311 e. The summed E-state index contributed by atoms with van der Waals surface area (Å²) < 4.78 is 4.86. The van der Waals surface area contributed by atoms with Gasteiger partial charge in [-0.05, 0) is 27.2 Å². The maximum Gasteiger partial charge on any atom is 0.311 e. The quantitative estimate of drug-likeness (QED) is 0.551. The summed E-state index contributed by atoms with van der Waals surface area (Å²) in [7, 11) is 0. The van der Waals surface area contributed by atoms with Crippen molar-refractivity contribution in [3.63, 3.8) is 0 Å². The second kappa shape index (κ2) is 3.59. The van der Waals surface area contributed by atoms with Crippen LogP contribution in [0.15, 0.2) is 0 Å². The van der Waals surface area contributed by atoms with Crippen LogP contribution >= 0.6 is 0 Å². The molecule has 0 aliphatic rings. The number of ether oxygens (including phenoxy) is 1. The fraction of sp³-hybridized carbons (Fsp3) is 0.750. The van der Waals surface area contributed by atoms with Crippen LogP contribution in [-0.4, -0.2) is 12.6 Å². The van der Waals surface area contributed by atoms with Crippen LogP contribution in [0.25, 0.3) is 0 Å². The molecule has 0 aliphatic heterocycles. The number of hydrogen-bond acceptors (Lipinski definition) is 2. The normalized spacial score (nSPS) is 11.2. The molecule has 0 fully saturated rings. The Labute approximate surface area is 62.6 Å². The van der Waals surface area contributed by atoms with Gasteiger partial charge in [-0.2, -0.15) is 0 Å². The molecule has 0 saturated carbocycles. The average molecular weight is 143 g/mol. The van der Waals surface area contributed by atoms with Gasteiger partial charge in [-0.1, -0.05) is 6.92 Å². The molecule has 0 heterocycles. The number of esters is 1. The van der Waals surface area contributed by atoms with Gasteiger partial charge in [-0.25, -0.2) is 0 Å². The van der Waals surface area contributed by atoms with Gasteiger partial charge in [0.25, 0.3) is 0 Å². The summed E-state index contributed by atoms with van der Waals surface area (Å²) in [5, 5.41) is 0. The molecule has 2 heteroatoms. The van der Waals surface area contributed by atoms with Crippen molar-refractivity contribution >= 4 is 5.97 Å². The maximum atomic E-state index is 11.0. The zero-order valence-electron chi connectivity index (χ0n) is 7.10. The predicted octanol–water partition coefficient (Wildman–Crippen LogP) is 1.80. The SMILES string of the molecule is C[CH]COC(=O)C(C)(C)C. The highest BCUT2D eigenvalue weighted by Crippen LogP contribution is 2.14. The van der Waals surface area contributed by atoms with E-state index in [-0.39, 0.29) is 11.4 Å². The Morgan fingerprint density at radius 2 is 2.00 bits per heavy atom. The third kappa shape index (κ3) is 3.49. The minimum Gasteiger partial charge on any atom is -0.465 e. The molecule has 0 aromatic heterocycles. The zero-order valence-corrected chi connectivity index (χ0v) is 7.10. The van der Waals surface area contributed by atoms with Crippen LogP contribution in [0.4, 0.5) is 0 Å². The monoisotopic (exact) mass is 143 g/mol. The standard InChI is InChI=1S/C8H15O2/c1-5-6-10-7(9)8(2,3)4/h5H,6H2,1-4H3. The lowest BCUT2D eigenvalue weighted by Crippen LogP contribution is -2.23. The maximum absolute atomic E-state index is 11.0. The van der Waals surface area contributed by atoms with E-state index in [1.807, 2.05) is 34.1 Å². The first-order chi connectivity index (χ1) is 4.48. The average Bonchev–Trinajstić information content (AvgIpc) is 1.80. The highest BCUT2D eigenvalue weighted by molar-refractivity contribution is 5.75. The number of rotatable bonds is 2. The van der Waals surface area contributed by atoms with E-state index >= 15 is 0 Å². The molecule has 0 aromatic rings. The molecule has 10 heavy (non-hydrogen) atoms. The number of carbonyl (C=O) groups is 1. The van der Waals surface area contributed by atoms with Crippen molar-refractivity contribution in [2.45, 2.75) is 27.7 Å². The Morgan fingerprint density at radius 3 is 2.30 bits per heavy atom. The van der Waals surface area contributed by atoms with Crippen LogP contribution in [-0.2, 0) is 9.53 Å². The Morgan fingerprint density at radius 1 is 1.50 bits per heavy atom. The van der Waals surface area contributed by atoms with E-state index < -0.39 is 0 Å². The largest absolute Gasteiger partial charge is 0.465 e. The molecule has 0 spiro atoms. The fourth-order valence-electron chi connectivity index (χ4n) is 0.376. The Bertz CT molecular complexity index is 111. The van der Waals surface area contributed by atoms with Gasteiger partial charge >= 0.3 is 5.97 Å². The lowest BCUT2D eigenvalue weighted by atomic mass is 9.97. The van der Waals surface area contributed by atoms with Crippen molar-refractivity contribution < 1.29 is 9.53 Å². The molecule has 0 unspecified atom stereocenters. The first kappa shape index (κ1) is 9.47. The van der Waals surface area contributed by atoms with Gasteiger partial charge in [0.05, 0.1) is 12.0 Å². The van der Waals surface area contributed by atoms with Crippen molar-refractivity contribution in [2.75, 3.05) is 6.61 Å². The van der Waals surface area contributed by atoms with E-state index in [4.69, 9.17) is 4.74 Å². The predicted molar refractivity (Wildman–Crippen MR) is 40.4 cm³/mol. The highest BCUT2D eigenvalue weighted by atomic mass is 16.5. The van der Waals surface area contributed by atoms with Crippen molar-refractivity contribution in [1.29, 1.82) is 0 Å². The minimum atomic E-state index is -0.372. The van der Waals surface area contributed by atoms with Crippen LogP contribution in [0.2, 0.25) is 0 Å². The molecule has 0 atom stereocenters. The topological polar surface area (TPSA) is 26.3 Å². The first-order valence-corrected chi connectivity index (χ1v) is 3.43. The summed E-state index contributed by atoms with van der Waals surface area (Å²) in [6, 6.07) is 0. The fourth-order valence-corrected chi connectivity index (χ4v) is 0.376. The van der Waals surface area contributed by atoms with E-state index in [1.165, 1.54) is 0 Å². The second-order valence-corrected chi connectivity index (χ2v) is 3.26. The van der Waals surface area contributed by atoms with Crippen LogP contribution < -0.4 is 0 Å². The molecule has 0 amide bonds. The van der Waals surface area contributed by atoms with E-state index in [2.05, 4.69) is 0 Å². The van der Waals surface area contributed by atoms with Gasteiger partial charge in [0.2, 0.25) is 0 Å². The minimum absolute atomic E-state index is 0.148. The van der Waals surface area contributed by atoms with Gasteiger partial charge in [0.15, 0.2) is 0 Å². The summed E-state index contributed by atoms with van der Waals surface area (Å²) in [6.45, 7) is 7.78. The van der Waals surface area contributed by atoms with Gasteiger partial charge in [0, 0.05) is 0 Å². The van der Waals surface area contributed by atoms with Crippen LogP contribution in [0, 0.1) is 11.8 Å². The Hall–Kier alpha value is -0.530. The molecular weight excluding hydrogens is 128 g/mol. The molecule has 2 nitrogen and oxygen atoms in total.